The van der Waals surface area contributed by atoms with Gasteiger partial charge >= 0.3 is 23.9 Å². The first kappa shape index (κ1) is 29.2. The first-order valence-electron chi connectivity index (χ1n) is 13.7. The number of ether oxygens (including phenoxy) is 4. The molecule has 4 aromatic rings. The maximum absolute atomic E-state index is 13.3. The number of hydrogen-bond donors (Lipinski definition) is 1. The highest BCUT2D eigenvalue weighted by Gasteiger charge is 2.47. The van der Waals surface area contributed by atoms with Crippen LogP contribution >= 0.6 is 0 Å². The van der Waals surface area contributed by atoms with Crippen LogP contribution in [0.3, 0.4) is 0 Å². The van der Waals surface area contributed by atoms with Crippen molar-refractivity contribution in [2.75, 3.05) is 13.2 Å². The lowest BCUT2D eigenvalue weighted by Gasteiger charge is -2.41. The van der Waals surface area contributed by atoms with Gasteiger partial charge in [0.2, 0.25) is 0 Å². The van der Waals surface area contributed by atoms with Gasteiger partial charge in [0.05, 0.1) is 28.3 Å². The van der Waals surface area contributed by atoms with Crippen LogP contribution in [0, 0.1) is 0 Å². The number of rotatable bonds is 9. The molecule has 0 saturated carbocycles. The van der Waals surface area contributed by atoms with Crippen LogP contribution in [0.5, 0.6) is 0 Å². The topological polar surface area (TPSA) is 117 Å². The smallest absolute Gasteiger partial charge is 0.338 e. The lowest BCUT2D eigenvalue weighted by molar-refractivity contribution is -0.118. The van der Waals surface area contributed by atoms with Crippen molar-refractivity contribution in [2.45, 2.75) is 24.4 Å². The lowest BCUT2D eigenvalue weighted by atomic mass is 9.95. The van der Waals surface area contributed by atoms with E-state index < -0.39 is 48.2 Å². The molecule has 0 spiro atoms. The number of carbonyl (C=O) groups is 4. The summed E-state index contributed by atoms with van der Waals surface area (Å²) in [4.78, 5) is 52.3. The molecule has 0 amide bonds. The first-order valence-corrected chi connectivity index (χ1v) is 13.7. The summed E-state index contributed by atoms with van der Waals surface area (Å²) in [5.74, 6) is -2.61. The zero-order valence-electron chi connectivity index (χ0n) is 23.0. The van der Waals surface area contributed by atoms with Crippen LogP contribution in [0.25, 0.3) is 0 Å². The Morgan fingerprint density at radius 1 is 0.512 bits per heavy atom. The predicted octanol–water partition coefficient (Wildman–Crippen LogP) is 4.49. The van der Waals surface area contributed by atoms with Crippen molar-refractivity contribution in [3.63, 3.8) is 0 Å². The zero-order chi connectivity index (χ0) is 30.0. The second kappa shape index (κ2) is 14.1. The van der Waals surface area contributed by atoms with Crippen LogP contribution in [0.2, 0.25) is 0 Å². The van der Waals surface area contributed by atoms with Crippen LogP contribution in [-0.4, -0.2) is 61.4 Å². The Balaban J connectivity index is 1.44. The van der Waals surface area contributed by atoms with E-state index >= 15 is 0 Å². The van der Waals surface area contributed by atoms with Gasteiger partial charge in [0.25, 0.3) is 0 Å². The van der Waals surface area contributed by atoms with Crippen molar-refractivity contribution in [3.05, 3.63) is 144 Å². The van der Waals surface area contributed by atoms with E-state index in [1.54, 1.807) is 121 Å². The molecule has 218 valence electrons. The summed E-state index contributed by atoms with van der Waals surface area (Å²) < 4.78 is 23.2. The van der Waals surface area contributed by atoms with Gasteiger partial charge in [0.1, 0.15) is 6.61 Å². The fourth-order valence-corrected chi connectivity index (χ4v) is 4.63. The Morgan fingerprint density at radius 3 is 1.33 bits per heavy atom. The SMILES string of the molecule is O=C(OC[C@H]1NC[C@H](OC(=O)c2ccccc2)[C@@H](OC(=O)c2ccccc2)[C@@H]1OC(=O)c1ccccc1)c1ccccc1. The number of hydrogen-bond acceptors (Lipinski definition) is 9. The van der Waals surface area contributed by atoms with Crippen molar-refractivity contribution in [1.82, 2.24) is 5.32 Å². The molecule has 1 N–H and O–H groups in total. The molecule has 0 bridgehead atoms. The fourth-order valence-electron chi connectivity index (χ4n) is 4.63. The molecular formula is C34H29NO8. The minimum Gasteiger partial charge on any atom is -0.460 e. The highest BCUT2D eigenvalue weighted by atomic mass is 16.6. The van der Waals surface area contributed by atoms with E-state index in [4.69, 9.17) is 18.9 Å². The molecule has 1 aliphatic heterocycles. The van der Waals surface area contributed by atoms with Crippen LogP contribution < -0.4 is 5.32 Å². The zero-order valence-corrected chi connectivity index (χ0v) is 23.0. The minimum absolute atomic E-state index is 0.0260. The Bertz CT molecular complexity index is 1530. The van der Waals surface area contributed by atoms with Gasteiger partial charge in [-0.05, 0) is 48.5 Å². The molecule has 0 radical (unpaired) electrons. The number of carbonyl (C=O) groups excluding carboxylic acids is 4. The average molecular weight is 580 g/mol. The van der Waals surface area contributed by atoms with Crippen LogP contribution in [0.15, 0.2) is 121 Å². The third kappa shape index (κ3) is 7.52. The number of esters is 4. The third-order valence-corrected chi connectivity index (χ3v) is 6.84. The highest BCUT2D eigenvalue weighted by molar-refractivity contribution is 5.91. The Hall–Kier alpha value is -5.28. The van der Waals surface area contributed by atoms with Gasteiger partial charge in [-0.1, -0.05) is 72.8 Å². The van der Waals surface area contributed by atoms with Gasteiger partial charge in [0, 0.05) is 6.54 Å². The Labute approximate surface area is 248 Å². The van der Waals surface area contributed by atoms with E-state index in [2.05, 4.69) is 5.32 Å². The first-order chi connectivity index (χ1) is 21.0. The maximum Gasteiger partial charge on any atom is 0.338 e. The summed E-state index contributed by atoms with van der Waals surface area (Å²) in [6.45, 7) is -0.197. The molecule has 4 atom stereocenters. The van der Waals surface area contributed by atoms with Gasteiger partial charge in [-0.15, -0.1) is 0 Å². The summed E-state index contributed by atoms with van der Waals surface area (Å²) in [5, 5.41) is 3.16. The molecule has 9 nitrogen and oxygen atoms in total. The minimum atomic E-state index is -1.24. The number of piperidine rings is 1. The van der Waals surface area contributed by atoms with E-state index in [1.165, 1.54) is 0 Å². The van der Waals surface area contributed by atoms with Crippen molar-refractivity contribution in [3.8, 4) is 0 Å². The van der Waals surface area contributed by atoms with E-state index in [0.29, 0.717) is 11.1 Å². The van der Waals surface area contributed by atoms with Gasteiger partial charge in [-0.25, -0.2) is 19.2 Å². The Morgan fingerprint density at radius 2 is 0.884 bits per heavy atom. The lowest BCUT2D eigenvalue weighted by Crippen LogP contribution is -2.64. The number of benzene rings is 4. The maximum atomic E-state index is 13.3. The highest BCUT2D eigenvalue weighted by Crippen LogP contribution is 2.25. The van der Waals surface area contributed by atoms with E-state index in [0.717, 1.165) is 0 Å². The van der Waals surface area contributed by atoms with Crippen molar-refractivity contribution < 1.29 is 38.1 Å². The summed E-state index contributed by atoms with van der Waals surface area (Å²) >= 11 is 0. The Kier molecular flexibility index (Phi) is 9.56. The molecule has 0 unspecified atom stereocenters. The predicted molar refractivity (Wildman–Crippen MR) is 155 cm³/mol. The molecule has 1 heterocycles. The fraction of sp³-hybridized carbons (Fsp3) is 0.176. The molecule has 9 heteroatoms. The van der Waals surface area contributed by atoms with Crippen LogP contribution in [-0.2, 0) is 18.9 Å². The standard InChI is InChI=1S/C34H29NO8/c36-31(23-13-5-1-6-14-23)40-22-27-29(42-33(38)25-17-9-3-10-18-25)30(43-34(39)26-19-11-4-12-20-26)28(21-35-27)41-32(37)24-15-7-2-8-16-24/h1-20,27-30,35H,21-22H2/t27-,28+,29-,30-/m1/s1. The molecule has 1 fully saturated rings. The normalized spacial score (nSPS) is 19.4. The van der Waals surface area contributed by atoms with E-state index in [1.807, 2.05) is 0 Å². The molecule has 5 rings (SSSR count). The van der Waals surface area contributed by atoms with Gasteiger partial charge in [-0.2, -0.15) is 0 Å². The van der Waals surface area contributed by atoms with Gasteiger partial charge < -0.3 is 24.3 Å². The molecule has 4 aromatic carbocycles. The molecule has 43 heavy (non-hydrogen) atoms. The molecule has 0 aliphatic carbocycles. The molecule has 1 saturated heterocycles. The van der Waals surface area contributed by atoms with Crippen molar-refractivity contribution in [1.29, 1.82) is 0 Å². The summed E-state index contributed by atoms with van der Waals surface area (Å²) in [5.41, 5.74) is 1.17. The quantitative estimate of drug-likeness (QED) is 0.226. The summed E-state index contributed by atoms with van der Waals surface area (Å²) in [6, 6.07) is 32.6. The van der Waals surface area contributed by atoms with Crippen molar-refractivity contribution in [2.24, 2.45) is 0 Å². The monoisotopic (exact) mass is 579 g/mol. The van der Waals surface area contributed by atoms with Crippen LogP contribution in [0.4, 0.5) is 0 Å². The molecule has 1 aliphatic rings. The second-order valence-corrected chi connectivity index (χ2v) is 9.76. The number of nitrogens with one attached hydrogen (secondary N) is 1. The van der Waals surface area contributed by atoms with Gasteiger partial charge in [-0.3, -0.25) is 0 Å². The van der Waals surface area contributed by atoms with Gasteiger partial charge in [0.15, 0.2) is 18.3 Å². The van der Waals surface area contributed by atoms with Crippen LogP contribution in [0.1, 0.15) is 41.4 Å². The molecule has 0 aromatic heterocycles. The van der Waals surface area contributed by atoms with E-state index in [-0.39, 0.29) is 24.3 Å². The summed E-state index contributed by atoms with van der Waals surface area (Å²) in [6.07, 6.45) is -3.49. The summed E-state index contributed by atoms with van der Waals surface area (Å²) in [7, 11) is 0. The largest absolute Gasteiger partial charge is 0.460 e. The third-order valence-electron chi connectivity index (χ3n) is 6.84. The second-order valence-electron chi connectivity index (χ2n) is 9.76. The molecular weight excluding hydrogens is 550 g/mol. The van der Waals surface area contributed by atoms with Crippen molar-refractivity contribution >= 4 is 23.9 Å². The average Bonchev–Trinajstić information content (AvgIpc) is 3.07. The van der Waals surface area contributed by atoms with E-state index in [9.17, 15) is 19.2 Å².